The Hall–Kier alpha value is -5.76. The number of nitrogens with zero attached hydrogens (tertiary/aromatic N) is 7. The molecule has 17 heteroatoms. The molecule has 9 nitrogen and oxygen atoms in total. The molecule has 0 aliphatic heterocycles. The van der Waals surface area contributed by atoms with Crippen LogP contribution in [0.5, 0.6) is 0 Å². The second kappa shape index (κ2) is 14.0. The van der Waals surface area contributed by atoms with E-state index in [1.54, 1.807) is 66.2 Å². The summed E-state index contributed by atoms with van der Waals surface area (Å²) in [5, 5.41) is 8.82. The maximum Gasteiger partial charge on any atom is 0.435 e. The zero-order chi connectivity index (χ0) is 41.5. The van der Waals surface area contributed by atoms with E-state index in [4.69, 9.17) is 4.98 Å². The fourth-order valence-electron chi connectivity index (χ4n) is 8.09. The van der Waals surface area contributed by atoms with Crippen LogP contribution in [0.15, 0.2) is 61.1 Å². The maximum absolute atomic E-state index is 15.4. The lowest BCUT2D eigenvalue weighted by atomic mass is 9.86. The van der Waals surface area contributed by atoms with Crippen LogP contribution in [0.3, 0.4) is 0 Å². The Morgan fingerprint density at radius 2 is 1.79 bits per heavy atom. The van der Waals surface area contributed by atoms with Crippen LogP contribution in [0, 0.1) is 29.4 Å². The van der Waals surface area contributed by atoms with Crippen molar-refractivity contribution in [3.8, 4) is 23.0 Å². The van der Waals surface area contributed by atoms with Gasteiger partial charge in [0.25, 0.3) is 5.92 Å². The normalized spacial score (nSPS) is 18.3. The zero-order valence-electron chi connectivity index (χ0n) is 31.2. The summed E-state index contributed by atoms with van der Waals surface area (Å²) in [4.78, 5) is 23.1. The van der Waals surface area contributed by atoms with E-state index in [0.717, 1.165) is 12.1 Å². The lowest BCUT2D eigenvalue weighted by Crippen LogP contribution is -2.24. The summed E-state index contributed by atoms with van der Waals surface area (Å²) in [5.74, 6) is 0.330. The number of imidazole rings is 1. The van der Waals surface area contributed by atoms with Crippen molar-refractivity contribution >= 4 is 32.1 Å². The lowest BCUT2D eigenvalue weighted by molar-refractivity contribution is -0.142. The molecule has 300 valence electrons. The molecule has 58 heavy (non-hydrogen) atoms. The highest BCUT2D eigenvalue weighted by molar-refractivity contribution is 7.98. The van der Waals surface area contributed by atoms with Gasteiger partial charge in [0, 0.05) is 66.8 Å². The molecule has 0 radical (unpaired) electrons. The van der Waals surface area contributed by atoms with Crippen molar-refractivity contribution in [2.45, 2.75) is 55.5 Å². The highest BCUT2D eigenvalue weighted by atomic mass is 32.2. The predicted molar refractivity (Wildman–Crippen MR) is 202 cm³/mol. The number of carbonyl (C=O) groups is 1. The Morgan fingerprint density at radius 3 is 2.47 bits per heavy atom. The molecule has 2 aromatic carbocycles. The molecule has 0 amide bonds. The molecule has 1 fully saturated rings. The van der Waals surface area contributed by atoms with E-state index >= 15 is 8.78 Å². The highest BCUT2D eigenvalue weighted by Crippen LogP contribution is 2.68. The molecule has 4 heterocycles. The first kappa shape index (κ1) is 39.1. The molecular weight excluding hydrogens is 788 g/mol. The van der Waals surface area contributed by atoms with Crippen LogP contribution in [-0.4, -0.2) is 56.2 Å². The second-order valence-electron chi connectivity index (χ2n) is 15.1. The molecule has 8 rings (SSSR count). The van der Waals surface area contributed by atoms with Crippen molar-refractivity contribution < 1.29 is 39.7 Å². The van der Waals surface area contributed by atoms with Gasteiger partial charge in [0.05, 0.1) is 35.2 Å². The van der Waals surface area contributed by atoms with Crippen LogP contribution in [-0.2, 0) is 59.2 Å². The number of hydrogen-bond donors (Lipinski definition) is 0. The minimum atomic E-state index is -5.03. The minimum absolute atomic E-state index is 0.0808. The number of hydrogen-bond acceptors (Lipinski definition) is 6. The van der Waals surface area contributed by atoms with Crippen molar-refractivity contribution in [1.29, 1.82) is 0 Å². The number of carbonyl (C=O) groups excluding carboxylic acids is 1. The summed E-state index contributed by atoms with van der Waals surface area (Å²) in [5.41, 5.74) is 0.388. The van der Waals surface area contributed by atoms with Gasteiger partial charge in [0.1, 0.15) is 35.3 Å². The molecule has 2 aliphatic carbocycles. The van der Waals surface area contributed by atoms with Crippen LogP contribution < -0.4 is 0 Å². The summed E-state index contributed by atoms with van der Waals surface area (Å²) in [7, 11) is 0.935. The summed E-state index contributed by atoms with van der Waals surface area (Å²) in [6.45, 7) is -0.918. The number of alkyl halides is 5. The molecule has 0 spiro atoms. The number of halogens is 7. The smallest absolute Gasteiger partial charge is 0.327 e. The summed E-state index contributed by atoms with van der Waals surface area (Å²) < 4.78 is 119. The fraction of sp³-hybridized carbons (Fsp3) is 0.317. The van der Waals surface area contributed by atoms with Crippen molar-refractivity contribution in [2.75, 3.05) is 6.26 Å². The van der Waals surface area contributed by atoms with Crippen LogP contribution >= 0.6 is 0 Å². The third kappa shape index (κ3) is 7.29. The third-order valence-electron chi connectivity index (χ3n) is 10.5. The van der Waals surface area contributed by atoms with Gasteiger partial charge in [-0.3, -0.25) is 18.4 Å². The average Bonchev–Trinajstić information content (AvgIpc) is 3.40. The van der Waals surface area contributed by atoms with Crippen LogP contribution in [0.25, 0.3) is 22.0 Å². The van der Waals surface area contributed by atoms with Gasteiger partial charge in [0.2, 0.25) is 0 Å². The number of ketones is 1. The van der Waals surface area contributed by atoms with E-state index in [-0.39, 0.29) is 35.5 Å². The number of benzene rings is 2. The number of fused-ring (bicyclic) bond motifs is 4. The van der Waals surface area contributed by atoms with Crippen molar-refractivity contribution in [1.82, 2.24) is 34.1 Å². The molecule has 4 aromatic heterocycles. The third-order valence-corrected chi connectivity index (χ3v) is 11.4. The molecule has 1 saturated carbocycles. The van der Waals surface area contributed by atoms with Crippen molar-refractivity contribution in [2.24, 2.45) is 20.0 Å². The van der Waals surface area contributed by atoms with E-state index in [1.165, 1.54) is 6.26 Å². The van der Waals surface area contributed by atoms with Gasteiger partial charge in [-0.25, -0.2) is 18.7 Å². The Labute approximate surface area is 327 Å². The average molecular weight is 822 g/mol. The van der Waals surface area contributed by atoms with Gasteiger partial charge >= 0.3 is 6.18 Å². The maximum atomic E-state index is 15.4. The van der Waals surface area contributed by atoms with Gasteiger partial charge in [-0.1, -0.05) is 18.2 Å². The van der Waals surface area contributed by atoms with Crippen molar-refractivity contribution in [3.63, 3.8) is 0 Å². The standard InChI is InChI=1S/C41H34F7N7O2S/c1-53-21-49-18-27(53)10-8-26-9-11-29(30-6-5-7-31-34(20-58(3,4)57)51-54(2)37(30)31)36(50-26)23(12-22-13-24(42)16-25(43)14-22)15-28(56)19-55-39-35(38(52-55)41(46,47)48)32-17-33(32)40(39,44)45/h5-7,9,11,13-14,16,18,21,23,32-33H,3,12,15,17,19-20H2,1-2,4H3/t23-,32+,33-,58?/m1/s1. The molecule has 4 atom stereocenters. The molecular formula is C41H34F7N7O2S. The number of aromatic nitrogens is 7. The van der Waals surface area contributed by atoms with Crippen LogP contribution in [0.2, 0.25) is 0 Å². The summed E-state index contributed by atoms with van der Waals surface area (Å²) in [6, 6.07) is 11.6. The Kier molecular flexibility index (Phi) is 9.41. The largest absolute Gasteiger partial charge is 0.435 e. The second-order valence-corrected chi connectivity index (χ2v) is 17.8. The Bertz CT molecular complexity index is 2810. The molecule has 6 aromatic rings. The lowest BCUT2D eigenvalue weighted by Gasteiger charge is -2.21. The topological polar surface area (TPSA) is 100 Å². The molecule has 1 unspecified atom stereocenters. The number of aryl methyl sites for hydroxylation is 2. The van der Waals surface area contributed by atoms with Gasteiger partial charge < -0.3 is 4.57 Å². The van der Waals surface area contributed by atoms with Gasteiger partial charge in [-0.05, 0) is 75.8 Å². The van der Waals surface area contributed by atoms with Crippen molar-refractivity contribution in [3.05, 3.63) is 118 Å². The van der Waals surface area contributed by atoms with Crippen LogP contribution in [0.4, 0.5) is 30.7 Å². The highest BCUT2D eigenvalue weighted by Gasteiger charge is 2.68. The van der Waals surface area contributed by atoms with Gasteiger partial charge in [-0.2, -0.15) is 32.1 Å². The number of rotatable bonds is 10. The van der Waals surface area contributed by atoms with E-state index in [2.05, 4.69) is 32.9 Å². The monoisotopic (exact) mass is 821 g/mol. The van der Waals surface area contributed by atoms with Crippen LogP contribution in [0.1, 0.15) is 70.0 Å². The summed E-state index contributed by atoms with van der Waals surface area (Å²) in [6.07, 6.45) is -1.21. The SMILES string of the molecule is C=S(C)(=O)Cc1nn(C)c2c(-c3ccc(C#Cc4cncn4C)nc3[C@@H](CC(=O)Cn3nc(C(F)(F)F)c4c3C(F)(F)[C@@H]3C[C@H]43)Cc3cc(F)cc(F)c3)cccc12. The Morgan fingerprint density at radius 1 is 1.05 bits per heavy atom. The number of para-hydroxylation sites is 1. The molecule has 0 bridgehead atoms. The fourth-order valence-corrected chi connectivity index (χ4v) is 8.88. The first-order valence-corrected chi connectivity index (χ1v) is 20.4. The first-order valence-electron chi connectivity index (χ1n) is 18.1. The van der Waals surface area contributed by atoms with E-state index in [0.29, 0.717) is 44.2 Å². The van der Waals surface area contributed by atoms with Gasteiger partial charge in [-0.15, -0.1) is 0 Å². The summed E-state index contributed by atoms with van der Waals surface area (Å²) >= 11 is 0. The zero-order valence-corrected chi connectivity index (χ0v) is 32.1. The number of Topliss-reactive ketones (excluding diaryl/α,β-unsaturated/α-hetero) is 1. The molecule has 2 aliphatic rings. The molecule has 0 saturated heterocycles. The van der Waals surface area contributed by atoms with Gasteiger partial charge in [0.15, 0.2) is 11.5 Å². The Balaban J connectivity index is 1.27. The molecule has 0 N–H and O–H groups in total. The first-order chi connectivity index (χ1) is 27.3. The van der Waals surface area contributed by atoms with E-state index in [9.17, 15) is 31.0 Å². The van der Waals surface area contributed by atoms with E-state index in [1.807, 2.05) is 0 Å². The minimum Gasteiger partial charge on any atom is -0.327 e. The quantitative estimate of drug-likeness (QED) is 0.0818. The number of pyridine rings is 1. The van der Waals surface area contributed by atoms with E-state index < -0.39 is 86.7 Å². The predicted octanol–water partition coefficient (Wildman–Crippen LogP) is 7.30.